The molecular formula is C36H32. The van der Waals surface area contributed by atoms with Crippen LogP contribution in [0.5, 0.6) is 0 Å². The Morgan fingerprint density at radius 2 is 1.08 bits per heavy atom. The van der Waals surface area contributed by atoms with Crippen LogP contribution in [0.15, 0.2) is 84.9 Å². The van der Waals surface area contributed by atoms with Gasteiger partial charge in [0.05, 0.1) is 0 Å². The van der Waals surface area contributed by atoms with Gasteiger partial charge in [-0.15, -0.1) is 0 Å². The molecule has 0 nitrogen and oxygen atoms in total. The summed E-state index contributed by atoms with van der Waals surface area (Å²) in [6, 6.07) is 32.2. The van der Waals surface area contributed by atoms with Gasteiger partial charge in [-0.2, -0.15) is 0 Å². The Labute approximate surface area is 214 Å². The first kappa shape index (κ1) is 22.6. The van der Waals surface area contributed by atoms with Gasteiger partial charge in [0.25, 0.3) is 0 Å². The van der Waals surface area contributed by atoms with Crippen molar-refractivity contribution in [1.29, 1.82) is 0 Å². The van der Waals surface area contributed by atoms with E-state index in [2.05, 4.69) is 126 Å². The SMILES string of the molecule is Cc1ccc2c(-c3cc(C)c4ccc(-c5cc(C)c6cccc(C)c6c5)cc4c3C)cc(C)cc2c1. The summed E-state index contributed by atoms with van der Waals surface area (Å²) < 4.78 is 0. The molecule has 6 rings (SSSR count). The summed E-state index contributed by atoms with van der Waals surface area (Å²) in [4.78, 5) is 0. The van der Waals surface area contributed by atoms with Gasteiger partial charge in [0, 0.05) is 0 Å². The third-order valence-electron chi connectivity index (χ3n) is 7.91. The molecule has 6 aromatic carbocycles. The van der Waals surface area contributed by atoms with Gasteiger partial charge < -0.3 is 0 Å². The predicted molar refractivity (Wildman–Crippen MR) is 158 cm³/mol. The van der Waals surface area contributed by atoms with Gasteiger partial charge in [-0.05, 0) is 136 Å². The van der Waals surface area contributed by atoms with Crippen LogP contribution in [-0.4, -0.2) is 0 Å². The van der Waals surface area contributed by atoms with Crippen LogP contribution in [0.25, 0.3) is 54.6 Å². The fourth-order valence-electron chi connectivity index (χ4n) is 5.96. The van der Waals surface area contributed by atoms with Crippen LogP contribution in [0.1, 0.15) is 33.4 Å². The zero-order chi connectivity index (χ0) is 25.1. The van der Waals surface area contributed by atoms with Crippen molar-refractivity contribution in [2.24, 2.45) is 0 Å². The van der Waals surface area contributed by atoms with Gasteiger partial charge in [-0.1, -0.05) is 78.4 Å². The van der Waals surface area contributed by atoms with Crippen molar-refractivity contribution in [3.05, 3.63) is 118 Å². The maximum absolute atomic E-state index is 2.40. The summed E-state index contributed by atoms with van der Waals surface area (Å²) in [6.07, 6.45) is 0. The highest BCUT2D eigenvalue weighted by Crippen LogP contribution is 2.39. The van der Waals surface area contributed by atoms with Crippen molar-refractivity contribution in [3.8, 4) is 22.3 Å². The highest BCUT2D eigenvalue weighted by atomic mass is 14.2. The minimum absolute atomic E-state index is 1.28. The van der Waals surface area contributed by atoms with Crippen LogP contribution in [0, 0.1) is 41.5 Å². The van der Waals surface area contributed by atoms with Crippen LogP contribution in [0.2, 0.25) is 0 Å². The van der Waals surface area contributed by atoms with E-state index in [0.29, 0.717) is 0 Å². The largest absolute Gasteiger partial charge is 0.0614 e. The fraction of sp³-hybridized carbons (Fsp3) is 0.167. The molecular weight excluding hydrogens is 432 g/mol. The monoisotopic (exact) mass is 464 g/mol. The Hall–Kier alpha value is -3.90. The topological polar surface area (TPSA) is 0 Å². The van der Waals surface area contributed by atoms with Crippen molar-refractivity contribution < 1.29 is 0 Å². The average molecular weight is 465 g/mol. The number of hydrogen-bond donors (Lipinski definition) is 0. The quantitative estimate of drug-likeness (QED) is 0.239. The van der Waals surface area contributed by atoms with Gasteiger partial charge in [0.15, 0.2) is 0 Å². The maximum Gasteiger partial charge on any atom is -0.00998 e. The molecule has 0 aliphatic heterocycles. The lowest BCUT2D eigenvalue weighted by Crippen LogP contribution is -1.93. The molecule has 0 fully saturated rings. The van der Waals surface area contributed by atoms with E-state index in [0.717, 1.165) is 0 Å². The van der Waals surface area contributed by atoms with Crippen LogP contribution < -0.4 is 0 Å². The van der Waals surface area contributed by atoms with E-state index in [4.69, 9.17) is 0 Å². The van der Waals surface area contributed by atoms with Crippen LogP contribution >= 0.6 is 0 Å². The van der Waals surface area contributed by atoms with E-state index in [1.807, 2.05) is 0 Å². The Morgan fingerprint density at radius 3 is 1.92 bits per heavy atom. The molecule has 0 saturated carbocycles. The molecule has 0 N–H and O–H groups in total. The van der Waals surface area contributed by atoms with Gasteiger partial charge in [0.1, 0.15) is 0 Å². The minimum atomic E-state index is 1.28. The van der Waals surface area contributed by atoms with Crippen molar-refractivity contribution in [3.63, 3.8) is 0 Å². The molecule has 0 heterocycles. The number of hydrogen-bond acceptors (Lipinski definition) is 0. The third-order valence-corrected chi connectivity index (χ3v) is 7.91. The summed E-state index contributed by atoms with van der Waals surface area (Å²) in [5.74, 6) is 0. The molecule has 0 heteroatoms. The van der Waals surface area contributed by atoms with Crippen LogP contribution in [-0.2, 0) is 0 Å². The summed E-state index contributed by atoms with van der Waals surface area (Å²) in [7, 11) is 0. The van der Waals surface area contributed by atoms with E-state index in [9.17, 15) is 0 Å². The molecule has 0 aliphatic carbocycles. The van der Waals surface area contributed by atoms with Gasteiger partial charge >= 0.3 is 0 Å². The first-order valence-electron chi connectivity index (χ1n) is 12.9. The van der Waals surface area contributed by atoms with Crippen LogP contribution in [0.3, 0.4) is 0 Å². The number of benzene rings is 6. The van der Waals surface area contributed by atoms with E-state index in [1.165, 1.54) is 88.0 Å². The summed E-state index contributed by atoms with van der Waals surface area (Å²) in [6.45, 7) is 13.3. The first-order valence-corrected chi connectivity index (χ1v) is 12.9. The van der Waals surface area contributed by atoms with Crippen molar-refractivity contribution >= 4 is 32.3 Å². The first-order chi connectivity index (χ1) is 17.3. The molecule has 0 radical (unpaired) electrons. The molecule has 0 aliphatic rings. The lowest BCUT2D eigenvalue weighted by molar-refractivity contribution is 1.43. The lowest BCUT2D eigenvalue weighted by Gasteiger charge is -2.17. The predicted octanol–water partition coefficient (Wildman–Crippen LogP) is 10.3. The second kappa shape index (κ2) is 8.35. The molecule has 0 atom stereocenters. The van der Waals surface area contributed by atoms with Crippen molar-refractivity contribution in [2.45, 2.75) is 41.5 Å². The second-order valence-electron chi connectivity index (χ2n) is 10.6. The van der Waals surface area contributed by atoms with Crippen molar-refractivity contribution in [2.75, 3.05) is 0 Å². The molecule has 0 aromatic heterocycles. The summed E-state index contributed by atoms with van der Waals surface area (Å²) in [5.41, 5.74) is 13.2. The smallest absolute Gasteiger partial charge is 0.00998 e. The van der Waals surface area contributed by atoms with Crippen LogP contribution in [0.4, 0.5) is 0 Å². The van der Waals surface area contributed by atoms with Gasteiger partial charge in [-0.25, -0.2) is 0 Å². The van der Waals surface area contributed by atoms with E-state index < -0.39 is 0 Å². The molecule has 6 aromatic rings. The Balaban J connectivity index is 1.60. The maximum atomic E-state index is 2.40. The zero-order valence-corrected chi connectivity index (χ0v) is 22.1. The number of aryl methyl sites for hydroxylation is 6. The number of rotatable bonds is 2. The van der Waals surface area contributed by atoms with E-state index in [-0.39, 0.29) is 0 Å². The third kappa shape index (κ3) is 3.60. The van der Waals surface area contributed by atoms with E-state index >= 15 is 0 Å². The molecule has 176 valence electrons. The molecule has 0 bridgehead atoms. The highest BCUT2D eigenvalue weighted by Gasteiger charge is 2.14. The summed E-state index contributed by atoms with van der Waals surface area (Å²) in [5, 5.41) is 8.00. The molecule has 0 spiro atoms. The Morgan fingerprint density at radius 1 is 0.389 bits per heavy atom. The highest BCUT2D eigenvalue weighted by molar-refractivity contribution is 6.03. The summed E-state index contributed by atoms with van der Waals surface area (Å²) >= 11 is 0. The second-order valence-corrected chi connectivity index (χ2v) is 10.6. The van der Waals surface area contributed by atoms with Gasteiger partial charge in [-0.3, -0.25) is 0 Å². The zero-order valence-electron chi connectivity index (χ0n) is 22.1. The lowest BCUT2D eigenvalue weighted by atomic mass is 9.87. The van der Waals surface area contributed by atoms with Crippen molar-refractivity contribution in [1.82, 2.24) is 0 Å². The molecule has 36 heavy (non-hydrogen) atoms. The number of fused-ring (bicyclic) bond motifs is 3. The Kier molecular flexibility index (Phi) is 5.23. The van der Waals surface area contributed by atoms with Gasteiger partial charge in [0.2, 0.25) is 0 Å². The minimum Gasteiger partial charge on any atom is -0.0614 e. The fourth-order valence-corrected chi connectivity index (χ4v) is 5.96. The standard InChI is InChI=1S/C36H32/c1-21-10-12-32-29(14-21)15-22(2)16-36(32)34-18-25(5)31-13-11-27(19-35(31)26(34)6)28-17-24(4)30-9-7-8-23(3)33(30)20-28/h7-20H,1-6H3. The molecule has 0 amide bonds. The molecule has 0 saturated heterocycles. The normalized spacial score (nSPS) is 11.6. The average Bonchev–Trinajstić information content (AvgIpc) is 2.85. The Bertz CT molecular complexity index is 1830. The molecule has 0 unspecified atom stereocenters. The van der Waals surface area contributed by atoms with E-state index in [1.54, 1.807) is 0 Å².